The van der Waals surface area contributed by atoms with Gasteiger partial charge in [0.05, 0.1) is 12.9 Å². The molecule has 0 aliphatic heterocycles. The van der Waals surface area contributed by atoms with Crippen molar-refractivity contribution < 1.29 is 19.1 Å². The lowest BCUT2D eigenvalue weighted by molar-refractivity contribution is -0.152. The van der Waals surface area contributed by atoms with E-state index < -0.39 is 12.1 Å². The normalized spacial score (nSPS) is 22.2. The molecule has 0 aromatic rings. The molecular formula is C9H12O4. The van der Waals surface area contributed by atoms with Crippen LogP contribution in [0.3, 0.4) is 0 Å². The minimum absolute atomic E-state index is 0.196. The molecule has 0 saturated heterocycles. The average molecular weight is 184 g/mol. The molecule has 0 saturated carbocycles. The van der Waals surface area contributed by atoms with Crippen LogP contribution in [0.5, 0.6) is 0 Å². The first-order valence-corrected chi connectivity index (χ1v) is 4.09. The number of allylic oxidation sites excluding steroid dienone is 1. The summed E-state index contributed by atoms with van der Waals surface area (Å²) >= 11 is 0. The number of ketones is 1. The van der Waals surface area contributed by atoms with E-state index in [-0.39, 0.29) is 5.78 Å². The summed E-state index contributed by atoms with van der Waals surface area (Å²) in [6, 6.07) is 0. The molecule has 1 atom stereocenters. The number of hydrogen-bond donors (Lipinski definition) is 0. The molecule has 0 bridgehead atoms. The molecule has 4 nitrogen and oxygen atoms in total. The first-order valence-electron chi connectivity index (χ1n) is 4.09. The second-order valence-corrected chi connectivity index (χ2v) is 2.85. The number of rotatable bonds is 2. The number of ether oxygens (including phenoxy) is 2. The van der Waals surface area contributed by atoms with Crippen molar-refractivity contribution in [3.63, 3.8) is 0 Å². The zero-order valence-corrected chi connectivity index (χ0v) is 7.70. The molecule has 4 heteroatoms. The second-order valence-electron chi connectivity index (χ2n) is 2.85. The largest absolute Gasteiger partial charge is 0.501 e. The first kappa shape index (κ1) is 9.77. The van der Waals surface area contributed by atoms with Gasteiger partial charge in [0.1, 0.15) is 0 Å². The van der Waals surface area contributed by atoms with E-state index in [1.807, 2.05) is 0 Å². The number of carbonyl (C=O) groups is 2. The fourth-order valence-electron chi connectivity index (χ4n) is 1.22. The van der Waals surface area contributed by atoms with E-state index in [1.54, 1.807) is 0 Å². The number of hydrogen-bond acceptors (Lipinski definition) is 4. The highest BCUT2D eigenvalue weighted by molar-refractivity contribution is 5.95. The van der Waals surface area contributed by atoms with Gasteiger partial charge < -0.3 is 9.47 Å². The van der Waals surface area contributed by atoms with Crippen LogP contribution in [0.4, 0.5) is 0 Å². The maximum absolute atomic E-state index is 11.3. The van der Waals surface area contributed by atoms with Crippen molar-refractivity contribution in [1.29, 1.82) is 0 Å². The number of methoxy groups -OCH3 is 1. The lowest BCUT2D eigenvalue weighted by atomic mass is 10.0. The van der Waals surface area contributed by atoms with Crippen LogP contribution in [0.25, 0.3) is 0 Å². The van der Waals surface area contributed by atoms with Crippen LogP contribution in [-0.4, -0.2) is 25.0 Å². The Bertz CT molecular complexity index is 254. The maximum Gasteiger partial charge on any atom is 0.303 e. The quantitative estimate of drug-likeness (QED) is 0.596. The van der Waals surface area contributed by atoms with E-state index in [1.165, 1.54) is 20.1 Å². The van der Waals surface area contributed by atoms with Gasteiger partial charge >= 0.3 is 5.97 Å². The number of carbonyl (C=O) groups excluding carboxylic acids is 2. The van der Waals surface area contributed by atoms with E-state index in [0.717, 1.165) is 0 Å². The van der Waals surface area contributed by atoms with Gasteiger partial charge in [-0.2, -0.15) is 0 Å². The maximum atomic E-state index is 11.3. The van der Waals surface area contributed by atoms with Crippen molar-refractivity contribution in [3.8, 4) is 0 Å². The van der Waals surface area contributed by atoms with Crippen LogP contribution >= 0.6 is 0 Å². The van der Waals surface area contributed by atoms with Gasteiger partial charge in [-0.1, -0.05) is 0 Å². The molecule has 0 fully saturated rings. The standard InChI is InChI=1S/C9H12O4/c1-6(10)13-9-4-3-7(12-2)5-8(9)11/h5,9H,3-4H2,1-2H3. The summed E-state index contributed by atoms with van der Waals surface area (Å²) in [5, 5.41) is 0. The minimum atomic E-state index is -0.614. The van der Waals surface area contributed by atoms with Gasteiger partial charge in [-0.15, -0.1) is 0 Å². The Hall–Kier alpha value is -1.32. The Morgan fingerprint density at radius 1 is 1.62 bits per heavy atom. The number of esters is 1. The molecule has 13 heavy (non-hydrogen) atoms. The van der Waals surface area contributed by atoms with Crippen LogP contribution in [0, 0.1) is 0 Å². The van der Waals surface area contributed by atoms with Crippen LogP contribution in [0.1, 0.15) is 19.8 Å². The van der Waals surface area contributed by atoms with Crippen molar-refractivity contribution in [3.05, 3.63) is 11.8 Å². The lowest BCUT2D eigenvalue weighted by Gasteiger charge is -2.19. The monoisotopic (exact) mass is 184 g/mol. The average Bonchev–Trinajstić information content (AvgIpc) is 2.08. The van der Waals surface area contributed by atoms with Gasteiger partial charge in [0, 0.05) is 19.4 Å². The fourth-order valence-corrected chi connectivity index (χ4v) is 1.22. The predicted molar refractivity (Wildman–Crippen MR) is 44.9 cm³/mol. The summed E-state index contributed by atoms with van der Waals surface area (Å²) in [4.78, 5) is 21.8. The lowest BCUT2D eigenvalue weighted by Crippen LogP contribution is -2.28. The Kier molecular flexibility index (Phi) is 3.06. The molecule has 1 aliphatic rings. The highest BCUT2D eigenvalue weighted by Crippen LogP contribution is 2.18. The predicted octanol–water partition coefficient (Wildman–Crippen LogP) is 0.811. The van der Waals surface area contributed by atoms with E-state index in [4.69, 9.17) is 9.47 Å². The summed E-state index contributed by atoms with van der Waals surface area (Å²) in [6.45, 7) is 1.29. The van der Waals surface area contributed by atoms with E-state index >= 15 is 0 Å². The third-order valence-corrected chi connectivity index (χ3v) is 1.84. The van der Waals surface area contributed by atoms with Crippen LogP contribution in [-0.2, 0) is 19.1 Å². The van der Waals surface area contributed by atoms with E-state index in [9.17, 15) is 9.59 Å². The first-order chi connectivity index (χ1) is 6.13. The summed E-state index contributed by atoms with van der Waals surface area (Å²) in [7, 11) is 1.52. The fraction of sp³-hybridized carbons (Fsp3) is 0.556. The van der Waals surface area contributed by atoms with Crippen LogP contribution in [0.15, 0.2) is 11.8 Å². The zero-order valence-electron chi connectivity index (χ0n) is 7.70. The third kappa shape index (κ3) is 2.57. The van der Waals surface area contributed by atoms with Crippen molar-refractivity contribution >= 4 is 11.8 Å². The molecule has 0 spiro atoms. The summed E-state index contributed by atoms with van der Waals surface area (Å²) in [6.07, 6.45) is 1.92. The van der Waals surface area contributed by atoms with Crippen LogP contribution in [0.2, 0.25) is 0 Å². The van der Waals surface area contributed by atoms with Gasteiger partial charge in [0.25, 0.3) is 0 Å². The molecular weight excluding hydrogens is 172 g/mol. The van der Waals surface area contributed by atoms with Gasteiger partial charge in [-0.25, -0.2) is 0 Å². The van der Waals surface area contributed by atoms with Crippen molar-refractivity contribution in [2.75, 3.05) is 7.11 Å². The highest BCUT2D eigenvalue weighted by Gasteiger charge is 2.25. The van der Waals surface area contributed by atoms with Crippen molar-refractivity contribution in [1.82, 2.24) is 0 Å². The van der Waals surface area contributed by atoms with Gasteiger partial charge in [-0.3, -0.25) is 9.59 Å². The van der Waals surface area contributed by atoms with E-state index in [0.29, 0.717) is 18.6 Å². The Balaban J connectivity index is 2.59. The Morgan fingerprint density at radius 3 is 2.77 bits per heavy atom. The second kappa shape index (κ2) is 4.07. The third-order valence-electron chi connectivity index (χ3n) is 1.84. The highest BCUT2D eigenvalue weighted by atomic mass is 16.5. The molecule has 0 radical (unpaired) electrons. The zero-order chi connectivity index (χ0) is 9.84. The molecule has 0 aromatic carbocycles. The van der Waals surface area contributed by atoms with Crippen molar-refractivity contribution in [2.24, 2.45) is 0 Å². The smallest absolute Gasteiger partial charge is 0.303 e. The molecule has 0 aromatic heterocycles. The van der Waals surface area contributed by atoms with Crippen molar-refractivity contribution in [2.45, 2.75) is 25.9 Å². The molecule has 0 N–H and O–H groups in total. The molecule has 1 aliphatic carbocycles. The SMILES string of the molecule is COC1=CC(=O)C(OC(C)=O)CC1. The molecule has 0 amide bonds. The Labute approximate surface area is 76.5 Å². The topological polar surface area (TPSA) is 52.6 Å². The summed E-state index contributed by atoms with van der Waals surface area (Å²) in [5.74, 6) is 0.0271. The van der Waals surface area contributed by atoms with Gasteiger partial charge in [-0.05, 0) is 6.42 Å². The van der Waals surface area contributed by atoms with Gasteiger partial charge in [0.2, 0.25) is 0 Å². The summed E-state index contributed by atoms with van der Waals surface area (Å²) in [5.41, 5.74) is 0. The summed E-state index contributed by atoms with van der Waals surface area (Å²) < 4.78 is 9.72. The van der Waals surface area contributed by atoms with E-state index in [2.05, 4.69) is 0 Å². The van der Waals surface area contributed by atoms with Crippen LogP contribution < -0.4 is 0 Å². The molecule has 1 rings (SSSR count). The molecule has 0 heterocycles. The molecule has 72 valence electrons. The Morgan fingerprint density at radius 2 is 2.31 bits per heavy atom. The minimum Gasteiger partial charge on any atom is -0.501 e. The van der Waals surface area contributed by atoms with Gasteiger partial charge in [0.15, 0.2) is 11.9 Å². The molecule has 1 unspecified atom stereocenters.